The Morgan fingerprint density at radius 1 is 1.39 bits per heavy atom. The summed E-state index contributed by atoms with van der Waals surface area (Å²) in [6.45, 7) is 6.92. The summed E-state index contributed by atoms with van der Waals surface area (Å²) < 4.78 is 6.27. The molecule has 0 heterocycles. The highest BCUT2D eigenvalue weighted by atomic mass is 79.9. The molecule has 18 heavy (non-hydrogen) atoms. The van der Waals surface area contributed by atoms with Crippen LogP contribution in [0.2, 0.25) is 0 Å². The van der Waals surface area contributed by atoms with Gasteiger partial charge in [0, 0.05) is 16.6 Å². The van der Waals surface area contributed by atoms with Gasteiger partial charge < -0.3 is 10.1 Å². The lowest BCUT2D eigenvalue weighted by atomic mass is 10.2. The zero-order valence-corrected chi connectivity index (χ0v) is 12.1. The third-order valence-electron chi connectivity index (χ3n) is 2.32. The van der Waals surface area contributed by atoms with Crippen LogP contribution in [0.3, 0.4) is 0 Å². The molecule has 1 amide bonds. The standard InChI is InChI=1S/C14H18BrNO2/c1-3-4-9-18-13-7-5-12(6-8-13)14(17)16-10-11(2)15/h5-8H,2-4,9-10H2,1H3,(H,16,17). The van der Waals surface area contributed by atoms with Crippen LogP contribution in [0, 0.1) is 0 Å². The zero-order chi connectivity index (χ0) is 13.4. The molecule has 0 aromatic heterocycles. The van der Waals surface area contributed by atoms with Gasteiger partial charge in [0.25, 0.3) is 5.91 Å². The lowest BCUT2D eigenvalue weighted by Crippen LogP contribution is -2.24. The van der Waals surface area contributed by atoms with Crippen molar-refractivity contribution in [2.45, 2.75) is 19.8 Å². The summed E-state index contributed by atoms with van der Waals surface area (Å²) in [6, 6.07) is 7.14. The molecule has 98 valence electrons. The summed E-state index contributed by atoms with van der Waals surface area (Å²) in [4.78, 5) is 11.7. The van der Waals surface area contributed by atoms with Gasteiger partial charge in [-0.25, -0.2) is 0 Å². The summed E-state index contributed by atoms with van der Waals surface area (Å²) in [5.74, 6) is 0.681. The van der Waals surface area contributed by atoms with Crippen LogP contribution >= 0.6 is 15.9 Å². The molecule has 0 fully saturated rings. The Balaban J connectivity index is 2.48. The average molecular weight is 312 g/mol. The Kier molecular flexibility index (Phi) is 6.50. The Morgan fingerprint density at radius 3 is 2.61 bits per heavy atom. The lowest BCUT2D eigenvalue weighted by Gasteiger charge is -2.07. The van der Waals surface area contributed by atoms with Crippen molar-refractivity contribution in [2.75, 3.05) is 13.2 Å². The molecule has 0 saturated heterocycles. The topological polar surface area (TPSA) is 38.3 Å². The minimum Gasteiger partial charge on any atom is -0.494 e. The van der Waals surface area contributed by atoms with E-state index in [4.69, 9.17) is 4.74 Å². The number of rotatable bonds is 7. The maximum Gasteiger partial charge on any atom is 0.251 e. The summed E-state index contributed by atoms with van der Waals surface area (Å²) in [6.07, 6.45) is 2.15. The molecule has 3 nitrogen and oxygen atoms in total. The van der Waals surface area contributed by atoms with Crippen LogP contribution < -0.4 is 10.1 Å². The smallest absolute Gasteiger partial charge is 0.251 e. The summed E-state index contributed by atoms with van der Waals surface area (Å²) in [7, 11) is 0. The van der Waals surface area contributed by atoms with Crippen LogP contribution in [-0.2, 0) is 0 Å². The van der Waals surface area contributed by atoms with Gasteiger partial charge in [-0.1, -0.05) is 35.9 Å². The maximum atomic E-state index is 11.7. The Labute approximate surface area is 116 Å². The van der Waals surface area contributed by atoms with E-state index in [1.54, 1.807) is 12.1 Å². The third kappa shape index (κ3) is 5.36. The van der Waals surface area contributed by atoms with Gasteiger partial charge in [0.1, 0.15) is 5.75 Å². The summed E-state index contributed by atoms with van der Waals surface area (Å²) in [5.41, 5.74) is 0.617. The van der Waals surface area contributed by atoms with Gasteiger partial charge in [0.15, 0.2) is 0 Å². The number of benzene rings is 1. The molecule has 1 N–H and O–H groups in total. The fourth-order valence-electron chi connectivity index (χ4n) is 1.32. The molecule has 1 aromatic rings. The van der Waals surface area contributed by atoms with Crippen LogP contribution in [0.15, 0.2) is 35.3 Å². The van der Waals surface area contributed by atoms with E-state index in [0.717, 1.165) is 23.1 Å². The molecule has 0 aliphatic heterocycles. The molecule has 4 heteroatoms. The fourth-order valence-corrected chi connectivity index (χ4v) is 1.46. The van der Waals surface area contributed by atoms with E-state index in [1.807, 2.05) is 12.1 Å². The predicted octanol–water partition coefficient (Wildman–Crippen LogP) is 3.50. The van der Waals surface area contributed by atoms with Crippen molar-refractivity contribution in [3.8, 4) is 5.75 Å². The first-order valence-electron chi connectivity index (χ1n) is 5.98. The van der Waals surface area contributed by atoms with Crippen LogP contribution in [0.25, 0.3) is 0 Å². The predicted molar refractivity (Wildman–Crippen MR) is 77.2 cm³/mol. The van der Waals surface area contributed by atoms with E-state index in [-0.39, 0.29) is 5.91 Å². The van der Waals surface area contributed by atoms with Gasteiger partial charge in [-0.3, -0.25) is 4.79 Å². The third-order valence-corrected chi connectivity index (χ3v) is 2.60. The number of halogens is 1. The number of carbonyl (C=O) groups is 1. The zero-order valence-electron chi connectivity index (χ0n) is 10.5. The highest BCUT2D eigenvalue weighted by molar-refractivity contribution is 9.11. The highest BCUT2D eigenvalue weighted by Gasteiger charge is 2.04. The highest BCUT2D eigenvalue weighted by Crippen LogP contribution is 2.12. The average Bonchev–Trinajstić information content (AvgIpc) is 2.37. The monoisotopic (exact) mass is 311 g/mol. The van der Waals surface area contributed by atoms with E-state index in [0.29, 0.717) is 18.7 Å². The SMILES string of the molecule is C=C(Br)CNC(=O)c1ccc(OCCCC)cc1. The van der Waals surface area contributed by atoms with Gasteiger partial charge >= 0.3 is 0 Å². The molecule has 0 spiro atoms. The molecule has 0 aliphatic rings. The molecule has 0 saturated carbocycles. The molecule has 1 rings (SSSR count). The number of carbonyl (C=O) groups excluding carboxylic acids is 1. The van der Waals surface area contributed by atoms with Crippen molar-refractivity contribution in [1.29, 1.82) is 0 Å². The van der Waals surface area contributed by atoms with Gasteiger partial charge in [-0.2, -0.15) is 0 Å². The summed E-state index contributed by atoms with van der Waals surface area (Å²) in [5, 5.41) is 2.74. The second-order valence-corrected chi connectivity index (χ2v) is 5.05. The number of nitrogens with one attached hydrogen (secondary N) is 1. The van der Waals surface area contributed by atoms with Crippen molar-refractivity contribution >= 4 is 21.8 Å². The van der Waals surface area contributed by atoms with E-state index in [9.17, 15) is 4.79 Å². The molecule has 0 atom stereocenters. The van der Waals surface area contributed by atoms with Gasteiger partial charge in [-0.15, -0.1) is 0 Å². The van der Waals surface area contributed by atoms with E-state index in [2.05, 4.69) is 34.7 Å². The largest absolute Gasteiger partial charge is 0.494 e. The Morgan fingerprint density at radius 2 is 2.06 bits per heavy atom. The second-order valence-electron chi connectivity index (χ2n) is 3.93. The molecular weight excluding hydrogens is 294 g/mol. The van der Waals surface area contributed by atoms with E-state index >= 15 is 0 Å². The van der Waals surface area contributed by atoms with Crippen molar-refractivity contribution in [3.63, 3.8) is 0 Å². The number of amides is 1. The first-order chi connectivity index (χ1) is 8.63. The summed E-state index contributed by atoms with van der Waals surface area (Å²) >= 11 is 3.19. The van der Waals surface area contributed by atoms with Gasteiger partial charge in [-0.05, 0) is 30.7 Å². The van der Waals surface area contributed by atoms with Crippen LogP contribution in [0.4, 0.5) is 0 Å². The van der Waals surface area contributed by atoms with Crippen LogP contribution in [-0.4, -0.2) is 19.1 Å². The van der Waals surface area contributed by atoms with E-state index < -0.39 is 0 Å². The van der Waals surface area contributed by atoms with Crippen molar-refractivity contribution in [2.24, 2.45) is 0 Å². The molecule has 0 radical (unpaired) electrons. The first-order valence-corrected chi connectivity index (χ1v) is 6.77. The molecular formula is C14H18BrNO2. The Hall–Kier alpha value is -1.29. The second kappa shape index (κ2) is 7.93. The first kappa shape index (κ1) is 14.8. The molecule has 0 aliphatic carbocycles. The van der Waals surface area contributed by atoms with Gasteiger partial charge in [0.2, 0.25) is 0 Å². The van der Waals surface area contributed by atoms with Crippen molar-refractivity contribution in [1.82, 2.24) is 5.32 Å². The maximum absolute atomic E-state index is 11.7. The molecule has 0 unspecified atom stereocenters. The Bertz CT molecular complexity index is 401. The quantitative estimate of drug-likeness (QED) is 0.783. The molecule has 1 aromatic carbocycles. The van der Waals surface area contributed by atoms with Gasteiger partial charge in [0.05, 0.1) is 6.61 Å². The normalized spacial score (nSPS) is 9.89. The number of hydrogen-bond donors (Lipinski definition) is 1. The number of hydrogen-bond acceptors (Lipinski definition) is 2. The fraction of sp³-hybridized carbons (Fsp3) is 0.357. The molecule has 0 bridgehead atoms. The van der Waals surface area contributed by atoms with Crippen LogP contribution in [0.1, 0.15) is 30.1 Å². The number of unbranched alkanes of at least 4 members (excludes halogenated alkanes) is 1. The van der Waals surface area contributed by atoms with Crippen molar-refractivity contribution in [3.05, 3.63) is 40.9 Å². The minimum atomic E-state index is -0.115. The number of ether oxygens (including phenoxy) is 1. The lowest BCUT2D eigenvalue weighted by molar-refractivity contribution is 0.0957. The van der Waals surface area contributed by atoms with E-state index in [1.165, 1.54) is 0 Å². The van der Waals surface area contributed by atoms with Crippen molar-refractivity contribution < 1.29 is 9.53 Å². The minimum absolute atomic E-state index is 0.115. The van der Waals surface area contributed by atoms with Crippen LogP contribution in [0.5, 0.6) is 5.75 Å².